The van der Waals surface area contributed by atoms with Gasteiger partial charge < -0.3 is 25.3 Å². The lowest BCUT2D eigenvalue weighted by Crippen LogP contribution is -2.31. The summed E-state index contributed by atoms with van der Waals surface area (Å²) in [6, 6.07) is 10.8. The second-order valence-corrected chi connectivity index (χ2v) is 5.75. The highest BCUT2D eigenvalue weighted by Crippen LogP contribution is 2.16. The molecule has 0 aliphatic heterocycles. The Bertz CT molecular complexity index is 745. The van der Waals surface area contributed by atoms with Crippen molar-refractivity contribution < 1.29 is 19.7 Å². The summed E-state index contributed by atoms with van der Waals surface area (Å²) < 4.78 is 5.04. The van der Waals surface area contributed by atoms with Crippen molar-refractivity contribution in [3.8, 4) is 0 Å². The molecule has 0 bridgehead atoms. The number of amides is 1. The number of hydrogen-bond acceptors (Lipinski definition) is 5. The van der Waals surface area contributed by atoms with Gasteiger partial charge in [-0.05, 0) is 30.5 Å². The van der Waals surface area contributed by atoms with Crippen LogP contribution in [-0.2, 0) is 11.3 Å². The maximum Gasteiger partial charge on any atom is 0.407 e. The van der Waals surface area contributed by atoms with Gasteiger partial charge in [-0.1, -0.05) is 30.3 Å². The van der Waals surface area contributed by atoms with Crippen LogP contribution in [0.5, 0.6) is 0 Å². The van der Waals surface area contributed by atoms with Crippen molar-refractivity contribution in [2.45, 2.75) is 32.2 Å². The molecule has 7 heteroatoms. The van der Waals surface area contributed by atoms with E-state index in [1.807, 2.05) is 30.3 Å². The van der Waals surface area contributed by atoms with Crippen LogP contribution in [0.15, 0.2) is 47.4 Å². The van der Waals surface area contributed by atoms with Crippen LogP contribution >= 0.6 is 0 Å². The molecule has 4 N–H and O–H groups in total. The highest BCUT2D eigenvalue weighted by Gasteiger charge is 2.21. The van der Waals surface area contributed by atoms with Gasteiger partial charge in [-0.3, -0.25) is 4.79 Å². The van der Waals surface area contributed by atoms with Crippen molar-refractivity contribution >= 4 is 6.09 Å². The van der Waals surface area contributed by atoms with Gasteiger partial charge >= 0.3 is 6.09 Å². The molecule has 0 aliphatic rings. The number of aromatic amines is 1. The molecule has 0 fully saturated rings. The van der Waals surface area contributed by atoms with Crippen LogP contribution in [-0.4, -0.2) is 33.9 Å². The highest BCUT2D eigenvalue weighted by atomic mass is 16.5. The largest absolute Gasteiger partial charge is 0.445 e. The molecule has 0 spiro atoms. The minimum atomic E-state index is -1.33. The Morgan fingerprint density at radius 3 is 2.72 bits per heavy atom. The average Bonchev–Trinajstić information content (AvgIpc) is 2.62. The van der Waals surface area contributed by atoms with Crippen molar-refractivity contribution in [2.24, 2.45) is 0 Å². The first-order valence-electron chi connectivity index (χ1n) is 7.97. The first-order valence-corrected chi connectivity index (χ1v) is 7.97. The first-order chi connectivity index (χ1) is 12.0. The van der Waals surface area contributed by atoms with Gasteiger partial charge in [0.15, 0.2) is 0 Å². The van der Waals surface area contributed by atoms with Gasteiger partial charge in [0.1, 0.15) is 12.7 Å². The molecule has 1 aromatic carbocycles. The number of aryl methyl sites for hydroxylation is 1. The van der Waals surface area contributed by atoms with Gasteiger partial charge in [0, 0.05) is 18.3 Å². The Morgan fingerprint density at radius 2 is 2.00 bits per heavy atom. The molecule has 25 heavy (non-hydrogen) atoms. The number of hydrogen-bond donors (Lipinski definition) is 4. The zero-order valence-corrected chi connectivity index (χ0v) is 13.9. The summed E-state index contributed by atoms with van der Waals surface area (Å²) in [5, 5.41) is 22.6. The molecule has 2 rings (SSSR count). The monoisotopic (exact) mass is 346 g/mol. The fourth-order valence-electron chi connectivity index (χ4n) is 2.30. The zero-order chi connectivity index (χ0) is 18.2. The van der Waals surface area contributed by atoms with E-state index in [0.29, 0.717) is 0 Å². The van der Waals surface area contributed by atoms with Gasteiger partial charge in [-0.2, -0.15) is 0 Å². The van der Waals surface area contributed by atoms with Crippen LogP contribution in [0.4, 0.5) is 4.79 Å². The van der Waals surface area contributed by atoms with Gasteiger partial charge in [0.2, 0.25) is 0 Å². The van der Waals surface area contributed by atoms with E-state index >= 15 is 0 Å². The maximum atomic E-state index is 11.7. The molecular formula is C18H22N2O5. The summed E-state index contributed by atoms with van der Waals surface area (Å²) in [6.45, 7) is 2.02. The summed E-state index contributed by atoms with van der Waals surface area (Å²) in [6.07, 6.45) is -1.52. The lowest BCUT2D eigenvalue weighted by Gasteiger charge is -2.18. The van der Waals surface area contributed by atoms with Crippen LogP contribution in [0, 0.1) is 6.92 Å². The lowest BCUT2D eigenvalue weighted by atomic mass is 10.0. The molecule has 134 valence electrons. The Hall–Kier alpha value is -2.64. The fraction of sp³-hybridized carbons (Fsp3) is 0.333. The number of H-pyrrole nitrogens is 1. The van der Waals surface area contributed by atoms with Crippen molar-refractivity contribution in [3.05, 3.63) is 69.6 Å². The number of alkyl carbamates (subject to hydrolysis) is 1. The number of benzene rings is 1. The zero-order valence-electron chi connectivity index (χ0n) is 13.9. The number of carbonyl (C=O) groups excluding carboxylic acids is 1. The molecule has 2 aromatic rings. The molecular weight excluding hydrogens is 324 g/mol. The normalized spacial score (nSPS) is 13.1. The number of aromatic nitrogens is 1. The van der Waals surface area contributed by atoms with E-state index in [9.17, 15) is 19.8 Å². The van der Waals surface area contributed by atoms with E-state index in [1.54, 1.807) is 6.92 Å². The van der Waals surface area contributed by atoms with Crippen molar-refractivity contribution in [2.75, 3.05) is 6.54 Å². The van der Waals surface area contributed by atoms with Gasteiger partial charge in [-0.15, -0.1) is 0 Å². The van der Waals surface area contributed by atoms with Crippen molar-refractivity contribution in [1.29, 1.82) is 0 Å². The first kappa shape index (κ1) is 18.7. The number of carbonyl (C=O) groups is 1. The predicted octanol–water partition coefficient (Wildman–Crippen LogP) is 1.39. The Kier molecular flexibility index (Phi) is 6.73. The number of rotatable bonds is 7. The fourth-order valence-corrected chi connectivity index (χ4v) is 2.30. The predicted molar refractivity (Wildman–Crippen MR) is 92.0 cm³/mol. The molecule has 1 aromatic heterocycles. The van der Waals surface area contributed by atoms with E-state index in [0.717, 1.165) is 11.1 Å². The Morgan fingerprint density at radius 1 is 1.28 bits per heavy atom. The van der Waals surface area contributed by atoms with E-state index in [2.05, 4.69) is 10.3 Å². The van der Waals surface area contributed by atoms with Gasteiger partial charge in [-0.25, -0.2) is 4.79 Å². The average molecular weight is 346 g/mol. The van der Waals surface area contributed by atoms with Crippen molar-refractivity contribution in [3.63, 3.8) is 0 Å². The van der Waals surface area contributed by atoms with Crippen LogP contribution in [0.3, 0.4) is 0 Å². The van der Waals surface area contributed by atoms with Gasteiger partial charge in [0.25, 0.3) is 5.56 Å². The Labute approximate surface area is 145 Å². The van der Waals surface area contributed by atoms with E-state index in [1.165, 1.54) is 12.3 Å². The number of aliphatic hydroxyl groups is 2. The molecule has 2 unspecified atom stereocenters. The van der Waals surface area contributed by atoms with Crippen LogP contribution in [0.2, 0.25) is 0 Å². The third-order valence-corrected chi connectivity index (χ3v) is 3.68. The van der Waals surface area contributed by atoms with Crippen LogP contribution in [0.25, 0.3) is 0 Å². The standard InChI is InChI=1S/C18H22N2O5/c1-12-9-14(17(23)20-10-12)16(22)15(21)7-8-19-18(24)25-11-13-5-3-2-4-6-13/h2-6,9-10,15-16,21-22H,7-8,11H2,1H3,(H,19,24)(H,20,23). The number of pyridine rings is 1. The molecule has 7 nitrogen and oxygen atoms in total. The highest BCUT2D eigenvalue weighted by molar-refractivity contribution is 5.67. The SMILES string of the molecule is Cc1c[nH]c(=O)c(C(O)C(O)CCNC(=O)OCc2ccccc2)c1. The molecule has 2 atom stereocenters. The maximum absolute atomic E-state index is 11.7. The third-order valence-electron chi connectivity index (χ3n) is 3.68. The minimum absolute atomic E-state index is 0.0784. The number of ether oxygens (including phenoxy) is 1. The van der Waals surface area contributed by atoms with Gasteiger partial charge in [0.05, 0.1) is 6.10 Å². The van der Waals surface area contributed by atoms with Crippen molar-refractivity contribution in [1.82, 2.24) is 10.3 Å². The second-order valence-electron chi connectivity index (χ2n) is 5.75. The lowest BCUT2D eigenvalue weighted by molar-refractivity contribution is 0.0128. The molecule has 0 saturated heterocycles. The number of aliphatic hydroxyl groups excluding tert-OH is 2. The summed E-state index contributed by atoms with van der Waals surface area (Å²) in [5.41, 5.74) is 1.28. The van der Waals surface area contributed by atoms with Crippen LogP contribution in [0.1, 0.15) is 29.2 Å². The summed E-state index contributed by atoms with van der Waals surface area (Å²) in [4.78, 5) is 25.8. The molecule has 0 radical (unpaired) electrons. The van der Waals surface area contributed by atoms with E-state index in [-0.39, 0.29) is 25.1 Å². The topological polar surface area (TPSA) is 112 Å². The second kappa shape index (κ2) is 9.00. The molecule has 1 heterocycles. The minimum Gasteiger partial charge on any atom is -0.445 e. The van der Waals surface area contributed by atoms with E-state index < -0.39 is 23.9 Å². The van der Waals surface area contributed by atoms with Crippen LogP contribution < -0.4 is 10.9 Å². The smallest absolute Gasteiger partial charge is 0.407 e. The summed E-state index contributed by atoms with van der Waals surface area (Å²) >= 11 is 0. The number of nitrogens with one attached hydrogen (secondary N) is 2. The quantitative estimate of drug-likeness (QED) is 0.605. The molecule has 0 saturated carbocycles. The summed E-state index contributed by atoms with van der Waals surface area (Å²) in [5.74, 6) is 0. The van der Waals surface area contributed by atoms with E-state index in [4.69, 9.17) is 4.74 Å². The third kappa shape index (κ3) is 5.74. The summed E-state index contributed by atoms with van der Waals surface area (Å²) in [7, 11) is 0. The Balaban J connectivity index is 1.75. The molecule has 0 aliphatic carbocycles. The molecule has 1 amide bonds.